The lowest BCUT2D eigenvalue weighted by Gasteiger charge is -2.11. The number of carbonyl (C=O) groups excluding carboxylic acids is 1. The molecule has 2 aliphatic rings. The summed E-state index contributed by atoms with van der Waals surface area (Å²) in [7, 11) is 1.76. The number of hydrogen-bond acceptors (Lipinski definition) is 4. The fourth-order valence-corrected chi connectivity index (χ4v) is 2.76. The summed E-state index contributed by atoms with van der Waals surface area (Å²) in [5.41, 5.74) is 0.837. The molecule has 1 aliphatic heterocycles. The van der Waals surface area contributed by atoms with Gasteiger partial charge in [-0.1, -0.05) is 0 Å². The molecule has 1 N–H and O–H groups in total. The number of carbonyl (C=O) groups is 1. The van der Waals surface area contributed by atoms with Gasteiger partial charge in [0.25, 0.3) is 0 Å². The van der Waals surface area contributed by atoms with Crippen molar-refractivity contribution in [3.8, 4) is 11.5 Å². The minimum atomic E-state index is 0.0417. The van der Waals surface area contributed by atoms with Gasteiger partial charge in [0.1, 0.15) is 0 Å². The number of halogens is 1. The quantitative estimate of drug-likeness (QED) is 0.867. The van der Waals surface area contributed by atoms with E-state index >= 15 is 0 Å². The van der Waals surface area contributed by atoms with Crippen LogP contribution in [0.4, 0.5) is 0 Å². The van der Waals surface area contributed by atoms with Crippen LogP contribution in [0.15, 0.2) is 16.6 Å². The monoisotopic (exact) mass is 325 g/mol. The third-order valence-corrected chi connectivity index (χ3v) is 4.27. The zero-order valence-corrected chi connectivity index (χ0v) is 12.4. The zero-order valence-electron chi connectivity index (χ0n) is 10.8. The molecule has 0 aromatic heterocycles. The zero-order chi connectivity index (χ0) is 13.5. The standard InChI is InChI=1S/C14H16BrNO3/c1-16-6-11(17)9-4-10(15)13-12(5-9)18-7-14(2-3-14)8-19-13/h4-5,16H,2-3,6-8H2,1H3. The van der Waals surface area contributed by atoms with Gasteiger partial charge in [0, 0.05) is 11.0 Å². The maximum absolute atomic E-state index is 11.9. The summed E-state index contributed by atoms with van der Waals surface area (Å²) in [6.45, 7) is 1.69. The van der Waals surface area contributed by atoms with Crippen LogP contribution in [0, 0.1) is 5.41 Å². The molecule has 102 valence electrons. The van der Waals surface area contributed by atoms with E-state index in [2.05, 4.69) is 21.2 Å². The average molecular weight is 326 g/mol. The molecule has 1 aromatic carbocycles. The number of likely N-dealkylation sites (N-methyl/N-ethyl adjacent to an activating group) is 1. The largest absolute Gasteiger partial charge is 0.489 e. The Bertz CT molecular complexity index is 526. The Hall–Kier alpha value is -1.07. The summed E-state index contributed by atoms with van der Waals surface area (Å²) in [6.07, 6.45) is 2.31. The molecule has 1 saturated carbocycles. The highest BCUT2D eigenvalue weighted by Crippen LogP contribution is 2.50. The Balaban J connectivity index is 1.91. The lowest BCUT2D eigenvalue weighted by atomic mass is 10.1. The molecule has 1 heterocycles. The van der Waals surface area contributed by atoms with Gasteiger partial charge in [0.15, 0.2) is 17.3 Å². The molecule has 4 nitrogen and oxygen atoms in total. The molecule has 0 bridgehead atoms. The van der Waals surface area contributed by atoms with Crippen molar-refractivity contribution in [3.05, 3.63) is 22.2 Å². The third kappa shape index (κ3) is 2.49. The lowest BCUT2D eigenvalue weighted by Crippen LogP contribution is -2.18. The number of fused-ring (bicyclic) bond motifs is 1. The Morgan fingerprint density at radius 2 is 2.11 bits per heavy atom. The van der Waals surface area contributed by atoms with E-state index in [9.17, 15) is 4.79 Å². The fraction of sp³-hybridized carbons (Fsp3) is 0.500. The lowest BCUT2D eigenvalue weighted by molar-refractivity contribution is 0.0993. The number of ketones is 1. The van der Waals surface area contributed by atoms with Crippen LogP contribution in [-0.2, 0) is 0 Å². The first kappa shape index (κ1) is 12.9. The summed E-state index contributed by atoms with van der Waals surface area (Å²) in [5, 5.41) is 2.86. The second-order valence-electron chi connectivity index (χ2n) is 5.32. The Kier molecular flexibility index (Phi) is 3.27. The Morgan fingerprint density at radius 1 is 1.37 bits per heavy atom. The van der Waals surface area contributed by atoms with Gasteiger partial charge in [-0.3, -0.25) is 4.79 Å². The smallest absolute Gasteiger partial charge is 0.176 e. The molecule has 1 spiro atoms. The number of hydrogen-bond donors (Lipinski definition) is 1. The van der Waals surface area contributed by atoms with Crippen molar-refractivity contribution in [2.24, 2.45) is 5.41 Å². The van der Waals surface area contributed by atoms with Crippen molar-refractivity contribution in [1.29, 1.82) is 0 Å². The van der Waals surface area contributed by atoms with Gasteiger partial charge >= 0.3 is 0 Å². The number of ether oxygens (including phenoxy) is 2. The van der Waals surface area contributed by atoms with Crippen LogP contribution in [0.5, 0.6) is 11.5 Å². The molecule has 0 atom stereocenters. The molecule has 0 amide bonds. The first-order chi connectivity index (χ1) is 9.13. The first-order valence-corrected chi connectivity index (χ1v) is 7.20. The molecular weight excluding hydrogens is 310 g/mol. The van der Waals surface area contributed by atoms with Crippen molar-refractivity contribution in [2.75, 3.05) is 26.8 Å². The van der Waals surface area contributed by atoms with E-state index in [1.54, 1.807) is 19.2 Å². The van der Waals surface area contributed by atoms with Gasteiger partial charge in [-0.15, -0.1) is 0 Å². The predicted octanol–water partition coefficient (Wildman–Crippen LogP) is 2.40. The van der Waals surface area contributed by atoms with Crippen molar-refractivity contribution in [2.45, 2.75) is 12.8 Å². The normalized spacial score (nSPS) is 19.1. The number of benzene rings is 1. The predicted molar refractivity (Wildman–Crippen MR) is 75.1 cm³/mol. The van der Waals surface area contributed by atoms with Crippen LogP contribution >= 0.6 is 15.9 Å². The SMILES string of the molecule is CNCC(=O)c1cc(Br)c2c(c1)OCC1(CC1)CO2. The molecule has 19 heavy (non-hydrogen) atoms. The van der Waals surface area contributed by atoms with Crippen LogP contribution in [0.3, 0.4) is 0 Å². The molecule has 0 saturated heterocycles. The molecular formula is C14H16BrNO3. The summed E-state index contributed by atoms with van der Waals surface area (Å²) in [4.78, 5) is 11.9. The summed E-state index contributed by atoms with van der Waals surface area (Å²) >= 11 is 3.47. The molecule has 1 aliphatic carbocycles. The number of nitrogens with one attached hydrogen (secondary N) is 1. The second-order valence-corrected chi connectivity index (χ2v) is 6.17. The minimum absolute atomic E-state index is 0.0417. The van der Waals surface area contributed by atoms with Crippen LogP contribution in [0.1, 0.15) is 23.2 Å². The van der Waals surface area contributed by atoms with E-state index in [-0.39, 0.29) is 11.2 Å². The second kappa shape index (κ2) is 4.80. The Morgan fingerprint density at radius 3 is 2.79 bits per heavy atom. The van der Waals surface area contributed by atoms with E-state index in [1.165, 1.54) is 0 Å². The van der Waals surface area contributed by atoms with Crippen LogP contribution in [-0.4, -0.2) is 32.6 Å². The van der Waals surface area contributed by atoms with E-state index in [1.807, 2.05) is 0 Å². The van der Waals surface area contributed by atoms with Crippen LogP contribution in [0.2, 0.25) is 0 Å². The van der Waals surface area contributed by atoms with Gasteiger partial charge in [0.05, 0.1) is 24.2 Å². The van der Waals surface area contributed by atoms with E-state index in [4.69, 9.17) is 9.47 Å². The average Bonchev–Trinajstić information content (AvgIpc) is 3.18. The minimum Gasteiger partial charge on any atom is -0.489 e. The highest BCUT2D eigenvalue weighted by Gasteiger charge is 2.46. The summed E-state index contributed by atoms with van der Waals surface area (Å²) < 4.78 is 12.5. The van der Waals surface area contributed by atoms with E-state index < -0.39 is 0 Å². The van der Waals surface area contributed by atoms with E-state index in [0.717, 1.165) is 17.3 Å². The van der Waals surface area contributed by atoms with Crippen LogP contribution < -0.4 is 14.8 Å². The summed E-state index contributed by atoms with van der Waals surface area (Å²) in [6, 6.07) is 3.58. The van der Waals surface area contributed by atoms with Crippen molar-refractivity contribution >= 4 is 21.7 Å². The van der Waals surface area contributed by atoms with E-state index in [0.29, 0.717) is 36.8 Å². The fourth-order valence-electron chi connectivity index (χ4n) is 2.20. The molecule has 0 unspecified atom stereocenters. The maximum Gasteiger partial charge on any atom is 0.176 e. The maximum atomic E-state index is 11.9. The topological polar surface area (TPSA) is 47.6 Å². The highest BCUT2D eigenvalue weighted by molar-refractivity contribution is 9.10. The highest BCUT2D eigenvalue weighted by atomic mass is 79.9. The third-order valence-electron chi connectivity index (χ3n) is 3.68. The number of Topliss-reactive ketones (excluding diaryl/α,β-unsaturated/α-hetero) is 1. The van der Waals surface area contributed by atoms with Crippen LogP contribution in [0.25, 0.3) is 0 Å². The molecule has 3 rings (SSSR count). The molecule has 1 aromatic rings. The van der Waals surface area contributed by atoms with Gasteiger partial charge < -0.3 is 14.8 Å². The van der Waals surface area contributed by atoms with Gasteiger partial charge in [0.2, 0.25) is 0 Å². The van der Waals surface area contributed by atoms with Gasteiger partial charge in [-0.05, 0) is 48.0 Å². The Labute approximate surface area is 120 Å². The molecule has 1 fully saturated rings. The first-order valence-electron chi connectivity index (χ1n) is 6.40. The molecule has 0 radical (unpaired) electrons. The van der Waals surface area contributed by atoms with Crippen molar-refractivity contribution in [3.63, 3.8) is 0 Å². The van der Waals surface area contributed by atoms with Crippen molar-refractivity contribution in [1.82, 2.24) is 5.32 Å². The number of rotatable bonds is 3. The van der Waals surface area contributed by atoms with Crippen molar-refractivity contribution < 1.29 is 14.3 Å². The molecule has 5 heteroatoms. The van der Waals surface area contributed by atoms with Gasteiger partial charge in [-0.2, -0.15) is 0 Å². The summed E-state index contributed by atoms with van der Waals surface area (Å²) in [5.74, 6) is 1.42. The van der Waals surface area contributed by atoms with Gasteiger partial charge in [-0.25, -0.2) is 0 Å².